The van der Waals surface area contributed by atoms with E-state index in [1.54, 1.807) is 0 Å². The molecule has 0 saturated carbocycles. The number of rotatable bonds is 3. The van der Waals surface area contributed by atoms with E-state index in [0.717, 1.165) is 49.7 Å². The Morgan fingerprint density at radius 1 is 0.356 bits per heavy atom. The third kappa shape index (κ3) is 3.46. The van der Waals surface area contributed by atoms with Crippen molar-refractivity contribution in [3.8, 4) is 22.5 Å². The van der Waals surface area contributed by atoms with Gasteiger partial charge in [0.25, 0.3) is 0 Å². The molecular weight excluding hydrogens is 548 g/mol. The van der Waals surface area contributed by atoms with Gasteiger partial charge in [0.1, 0.15) is 11.2 Å². The van der Waals surface area contributed by atoms with Gasteiger partial charge in [-0.15, -0.1) is 0 Å². The van der Waals surface area contributed by atoms with Crippen LogP contribution in [0.4, 0.5) is 0 Å². The molecule has 45 heavy (non-hydrogen) atoms. The Morgan fingerprint density at radius 2 is 0.978 bits per heavy atom. The monoisotopic (exact) mass is 574 g/mol. The second-order valence-electron chi connectivity index (χ2n) is 11.8. The fourth-order valence-corrected chi connectivity index (χ4v) is 7.34. The molecule has 7 aromatic carbocycles. The van der Waals surface area contributed by atoms with E-state index in [4.69, 9.17) is 4.42 Å². The number of furan rings is 1. The Labute approximate surface area is 258 Å². The van der Waals surface area contributed by atoms with Crippen LogP contribution >= 0.6 is 0 Å². The summed E-state index contributed by atoms with van der Waals surface area (Å²) in [5, 5.41) is 7.11. The molecule has 0 radical (unpaired) electrons. The Kier molecular flexibility index (Phi) is 5.00. The second-order valence-corrected chi connectivity index (χ2v) is 11.8. The van der Waals surface area contributed by atoms with E-state index in [-0.39, 0.29) is 0 Å². The van der Waals surface area contributed by atoms with Crippen LogP contribution in [0.25, 0.3) is 88.1 Å². The van der Waals surface area contributed by atoms with Gasteiger partial charge in [-0.2, -0.15) is 0 Å². The topological polar surface area (TPSA) is 23.0 Å². The van der Waals surface area contributed by atoms with Crippen LogP contribution < -0.4 is 0 Å². The van der Waals surface area contributed by atoms with Crippen molar-refractivity contribution in [3.05, 3.63) is 158 Å². The second kappa shape index (κ2) is 9.22. The molecule has 0 aliphatic carbocycles. The summed E-state index contributed by atoms with van der Waals surface area (Å²) in [5.74, 6) is 0. The van der Waals surface area contributed by atoms with Crippen molar-refractivity contribution in [1.82, 2.24) is 9.13 Å². The molecule has 10 aromatic rings. The first-order chi connectivity index (χ1) is 22.3. The Morgan fingerprint density at radius 3 is 1.84 bits per heavy atom. The van der Waals surface area contributed by atoms with Crippen molar-refractivity contribution in [1.29, 1.82) is 0 Å². The van der Waals surface area contributed by atoms with Gasteiger partial charge < -0.3 is 13.6 Å². The molecule has 0 aliphatic rings. The Hall–Kier alpha value is -6.06. The highest BCUT2D eigenvalue weighted by Gasteiger charge is 2.20. The Bertz CT molecular complexity index is 2760. The van der Waals surface area contributed by atoms with Crippen LogP contribution in [0.2, 0.25) is 0 Å². The first-order valence-electron chi connectivity index (χ1n) is 15.4. The minimum Gasteiger partial charge on any atom is -0.455 e. The molecule has 10 rings (SSSR count). The predicted octanol–water partition coefficient (Wildman–Crippen LogP) is 11.4. The number of hydrogen-bond donors (Lipinski definition) is 0. The predicted molar refractivity (Wildman–Crippen MR) is 188 cm³/mol. The maximum Gasteiger partial charge on any atom is 0.145 e. The van der Waals surface area contributed by atoms with Crippen LogP contribution in [0.15, 0.2) is 162 Å². The molecule has 0 bridgehead atoms. The van der Waals surface area contributed by atoms with Crippen molar-refractivity contribution >= 4 is 65.6 Å². The third-order valence-electron chi connectivity index (χ3n) is 9.31. The molecule has 3 nitrogen and oxygen atoms in total. The maximum atomic E-state index is 6.54. The molecule has 0 aliphatic heterocycles. The van der Waals surface area contributed by atoms with Crippen LogP contribution in [-0.2, 0) is 0 Å². The molecule has 0 fully saturated rings. The fourth-order valence-electron chi connectivity index (χ4n) is 7.34. The lowest BCUT2D eigenvalue weighted by Gasteiger charge is -2.12. The zero-order valence-electron chi connectivity index (χ0n) is 24.3. The van der Waals surface area contributed by atoms with Gasteiger partial charge in [-0.05, 0) is 65.7 Å². The van der Waals surface area contributed by atoms with E-state index >= 15 is 0 Å². The van der Waals surface area contributed by atoms with E-state index < -0.39 is 0 Å². The average molecular weight is 575 g/mol. The van der Waals surface area contributed by atoms with E-state index in [1.807, 2.05) is 6.07 Å². The zero-order valence-corrected chi connectivity index (χ0v) is 24.3. The van der Waals surface area contributed by atoms with Gasteiger partial charge in [0.05, 0.1) is 27.5 Å². The number of aromatic nitrogens is 2. The van der Waals surface area contributed by atoms with Gasteiger partial charge in [0, 0.05) is 38.3 Å². The lowest BCUT2D eigenvalue weighted by atomic mass is 10.1. The summed E-state index contributed by atoms with van der Waals surface area (Å²) in [6.45, 7) is 0. The highest BCUT2D eigenvalue weighted by atomic mass is 16.3. The average Bonchev–Trinajstić information content (AvgIpc) is 3.76. The molecule has 3 heterocycles. The fraction of sp³-hybridized carbons (Fsp3) is 0. The van der Waals surface area contributed by atoms with Gasteiger partial charge in [-0.25, -0.2) is 0 Å². The van der Waals surface area contributed by atoms with Gasteiger partial charge in [-0.3, -0.25) is 0 Å². The minimum absolute atomic E-state index is 0.917. The van der Waals surface area contributed by atoms with Crippen molar-refractivity contribution in [2.45, 2.75) is 0 Å². The standard InChI is InChI=1S/C42H26N2O/c1-2-11-27(12-3-1)28-13-10-14-29(25-28)44-36-18-7-4-15-31(36)32-22-21-30(26-39(32)44)43-37-19-8-5-17-35(37)41-38(43)24-23-34-33-16-6-9-20-40(33)45-42(34)41/h1-26H. The lowest BCUT2D eigenvalue weighted by molar-refractivity contribution is 0.673. The summed E-state index contributed by atoms with van der Waals surface area (Å²) < 4.78 is 11.3. The number of fused-ring (bicyclic) bond motifs is 10. The minimum atomic E-state index is 0.917. The van der Waals surface area contributed by atoms with Gasteiger partial charge >= 0.3 is 0 Å². The smallest absolute Gasteiger partial charge is 0.145 e. The molecule has 3 aromatic heterocycles. The van der Waals surface area contributed by atoms with Crippen LogP contribution in [0.3, 0.4) is 0 Å². The summed E-state index contributed by atoms with van der Waals surface area (Å²) in [6, 6.07) is 56.5. The third-order valence-corrected chi connectivity index (χ3v) is 9.31. The van der Waals surface area contributed by atoms with E-state index in [2.05, 4.69) is 161 Å². The van der Waals surface area contributed by atoms with Gasteiger partial charge in [0.2, 0.25) is 0 Å². The summed E-state index contributed by atoms with van der Waals surface area (Å²) in [4.78, 5) is 0. The van der Waals surface area contributed by atoms with Gasteiger partial charge in [0.15, 0.2) is 0 Å². The number of benzene rings is 7. The first-order valence-corrected chi connectivity index (χ1v) is 15.4. The number of nitrogens with zero attached hydrogens (tertiary/aromatic N) is 2. The SMILES string of the molecule is c1ccc(-c2cccc(-n3c4ccccc4c4ccc(-n5c6ccccc6c6c7oc8ccccc8c7ccc65)cc43)c2)cc1. The zero-order chi connectivity index (χ0) is 29.5. The van der Waals surface area contributed by atoms with Crippen molar-refractivity contribution in [3.63, 3.8) is 0 Å². The van der Waals surface area contributed by atoms with Crippen molar-refractivity contribution in [2.24, 2.45) is 0 Å². The maximum absolute atomic E-state index is 6.54. The molecule has 0 atom stereocenters. The lowest BCUT2D eigenvalue weighted by Crippen LogP contribution is -1.97. The molecular formula is C42H26N2O. The van der Waals surface area contributed by atoms with Gasteiger partial charge in [-0.1, -0.05) is 103 Å². The molecule has 210 valence electrons. The highest BCUT2D eigenvalue weighted by Crippen LogP contribution is 2.41. The van der Waals surface area contributed by atoms with E-state index in [0.29, 0.717) is 0 Å². The summed E-state index contributed by atoms with van der Waals surface area (Å²) >= 11 is 0. The van der Waals surface area contributed by atoms with E-state index in [1.165, 1.54) is 38.3 Å². The summed E-state index contributed by atoms with van der Waals surface area (Å²) in [6.07, 6.45) is 0. The molecule has 3 heteroatoms. The van der Waals surface area contributed by atoms with Crippen LogP contribution in [-0.4, -0.2) is 9.13 Å². The van der Waals surface area contributed by atoms with Crippen molar-refractivity contribution in [2.75, 3.05) is 0 Å². The normalized spacial score (nSPS) is 12.0. The molecule has 0 saturated heterocycles. The van der Waals surface area contributed by atoms with Crippen molar-refractivity contribution < 1.29 is 4.42 Å². The highest BCUT2D eigenvalue weighted by molar-refractivity contribution is 6.24. The molecule has 0 unspecified atom stereocenters. The molecule has 0 N–H and O–H groups in total. The quantitative estimate of drug-likeness (QED) is 0.206. The van der Waals surface area contributed by atoms with E-state index in [9.17, 15) is 0 Å². The molecule has 0 amide bonds. The molecule has 0 spiro atoms. The summed E-state index contributed by atoms with van der Waals surface area (Å²) in [7, 11) is 0. The van der Waals surface area contributed by atoms with Crippen LogP contribution in [0.1, 0.15) is 0 Å². The Balaban J connectivity index is 1.27. The summed E-state index contributed by atoms with van der Waals surface area (Å²) in [5.41, 5.74) is 11.2. The van der Waals surface area contributed by atoms with Crippen LogP contribution in [0.5, 0.6) is 0 Å². The van der Waals surface area contributed by atoms with Crippen LogP contribution in [0, 0.1) is 0 Å². The number of para-hydroxylation sites is 3. The number of hydrogen-bond acceptors (Lipinski definition) is 1. The largest absolute Gasteiger partial charge is 0.455 e. The first kappa shape index (κ1) is 24.4.